The number of aliphatic imine (C=N–C) groups is 1. The molecule has 0 saturated heterocycles. The Kier molecular flexibility index (Phi) is 6.44. The number of nitrogens with zero attached hydrogens (tertiary/aromatic N) is 1. The van der Waals surface area contributed by atoms with Gasteiger partial charge < -0.3 is 14.2 Å². The fourth-order valence-corrected chi connectivity index (χ4v) is 3.36. The van der Waals surface area contributed by atoms with Crippen molar-refractivity contribution in [1.29, 1.82) is 0 Å². The number of benzene rings is 3. The van der Waals surface area contributed by atoms with Crippen LogP contribution in [0.15, 0.2) is 71.4 Å². The van der Waals surface area contributed by atoms with Crippen LogP contribution in [0.1, 0.15) is 21.5 Å². The maximum atomic E-state index is 14.0. The van der Waals surface area contributed by atoms with Crippen LogP contribution in [0, 0.1) is 5.82 Å². The lowest BCUT2D eigenvalue weighted by atomic mass is 10.1. The van der Waals surface area contributed by atoms with Gasteiger partial charge in [0.05, 0.1) is 23.3 Å². The summed E-state index contributed by atoms with van der Waals surface area (Å²) in [5, 5.41) is 0.541. The van der Waals surface area contributed by atoms with E-state index in [1.54, 1.807) is 18.2 Å². The molecule has 0 aliphatic carbocycles. The second-order valence-electron chi connectivity index (χ2n) is 6.75. The van der Waals surface area contributed by atoms with Gasteiger partial charge in [-0.25, -0.2) is 19.0 Å². The van der Waals surface area contributed by atoms with Crippen molar-refractivity contribution in [2.24, 2.45) is 4.99 Å². The summed E-state index contributed by atoms with van der Waals surface area (Å²) in [7, 11) is 1.38. The second-order valence-corrected chi connectivity index (χ2v) is 7.59. The summed E-state index contributed by atoms with van der Waals surface area (Å²) in [6.07, 6.45) is 1.40. The quantitative estimate of drug-likeness (QED) is 0.263. The van der Waals surface area contributed by atoms with Gasteiger partial charge in [0.1, 0.15) is 5.82 Å². The third-order valence-corrected chi connectivity index (χ3v) is 5.09. The Labute approximate surface area is 197 Å². The number of methoxy groups -OCH3 is 1. The molecule has 0 aromatic heterocycles. The average molecular weight is 486 g/mol. The molecule has 9 heteroatoms. The number of rotatable bonds is 5. The topological polar surface area (TPSA) is 74.2 Å². The highest BCUT2D eigenvalue weighted by atomic mass is 35.5. The zero-order valence-corrected chi connectivity index (χ0v) is 18.5. The minimum absolute atomic E-state index is 0.00538. The molecule has 0 atom stereocenters. The number of cyclic esters (lactones) is 1. The molecule has 3 aromatic carbocycles. The molecule has 4 rings (SSSR count). The van der Waals surface area contributed by atoms with E-state index in [0.717, 1.165) is 0 Å². The molecule has 1 heterocycles. The van der Waals surface area contributed by atoms with Gasteiger partial charge in [0.15, 0.2) is 17.2 Å². The van der Waals surface area contributed by atoms with Crippen LogP contribution in [0.25, 0.3) is 6.08 Å². The molecule has 1 aliphatic heterocycles. The Balaban J connectivity index is 1.63. The third-order valence-electron chi connectivity index (χ3n) is 4.55. The monoisotopic (exact) mass is 485 g/mol. The lowest BCUT2D eigenvalue weighted by Crippen LogP contribution is -2.09. The highest BCUT2D eigenvalue weighted by molar-refractivity contribution is 6.32. The second kappa shape index (κ2) is 9.44. The number of carbonyl (C=O) groups excluding carboxylic acids is 2. The average Bonchev–Trinajstić information content (AvgIpc) is 3.15. The normalized spacial score (nSPS) is 14.1. The van der Waals surface area contributed by atoms with Crippen LogP contribution < -0.4 is 9.47 Å². The SMILES string of the molecule is COc1cc(/C=C2\N=C(c3ccccc3F)OC2=O)cc(Cl)c1OC(=O)c1ccc(Cl)cc1. The van der Waals surface area contributed by atoms with E-state index in [1.165, 1.54) is 55.7 Å². The van der Waals surface area contributed by atoms with Crippen LogP contribution in [-0.2, 0) is 9.53 Å². The van der Waals surface area contributed by atoms with Crippen molar-refractivity contribution >= 4 is 47.1 Å². The fraction of sp³-hybridized carbons (Fsp3) is 0.0417. The van der Waals surface area contributed by atoms with Crippen LogP contribution in [0.2, 0.25) is 10.0 Å². The fourth-order valence-electron chi connectivity index (χ4n) is 2.98. The molecule has 0 unspecified atom stereocenters. The highest BCUT2D eigenvalue weighted by Gasteiger charge is 2.26. The number of carbonyl (C=O) groups is 2. The minimum Gasteiger partial charge on any atom is -0.493 e. The predicted octanol–water partition coefficient (Wildman–Crippen LogP) is 5.70. The molecule has 0 radical (unpaired) electrons. The number of hydrogen-bond acceptors (Lipinski definition) is 6. The molecule has 33 heavy (non-hydrogen) atoms. The van der Waals surface area contributed by atoms with Crippen molar-refractivity contribution < 1.29 is 28.2 Å². The molecule has 166 valence electrons. The first kappa shape index (κ1) is 22.5. The Morgan fingerprint density at radius 1 is 1.09 bits per heavy atom. The summed E-state index contributed by atoms with van der Waals surface area (Å²) in [5.74, 6) is -1.96. The van der Waals surface area contributed by atoms with Crippen LogP contribution in [-0.4, -0.2) is 24.9 Å². The van der Waals surface area contributed by atoms with E-state index in [9.17, 15) is 14.0 Å². The number of ether oxygens (including phenoxy) is 3. The van der Waals surface area contributed by atoms with E-state index in [2.05, 4.69) is 4.99 Å². The summed E-state index contributed by atoms with van der Waals surface area (Å²) >= 11 is 12.2. The van der Waals surface area contributed by atoms with Crippen LogP contribution in [0.5, 0.6) is 11.5 Å². The van der Waals surface area contributed by atoms with Gasteiger partial charge in [-0.05, 0) is 60.2 Å². The van der Waals surface area contributed by atoms with Gasteiger partial charge in [0.2, 0.25) is 5.90 Å². The van der Waals surface area contributed by atoms with Gasteiger partial charge in [-0.15, -0.1) is 0 Å². The zero-order chi connectivity index (χ0) is 23.5. The molecule has 1 aliphatic rings. The summed E-state index contributed by atoms with van der Waals surface area (Å²) in [5.41, 5.74) is 0.702. The maximum absolute atomic E-state index is 14.0. The summed E-state index contributed by atoms with van der Waals surface area (Å²) in [6, 6.07) is 14.9. The van der Waals surface area contributed by atoms with E-state index in [4.69, 9.17) is 37.4 Å². The van der Waals surface area contributed by atoms with Gasteiger partial charge in [-0.1, -0.05) is 35.3 Å². The Hall–Kier alpha value is -3.68. The van der Waals surface area contributed by atoms with E-state index in [-0.39, 0.29) is 39.2 Å². The summed E-state index contributed by atoms with van der Waals surface area (Å²) < 4.78 is 29.8. The molecule has 0 fully saturated rings. The summed E-state index contributed by atoms with van der Waals surface area (Å²) in [6.45, 7) is 0. The van der Waals surface area contributed by atoms with Gasteiger partial charge in [-0.3, -0.25) is 0 Å². The predicted molar refractivity (Wildman–Crippen MR) is 121 cm³/mol. The molecule has 0 spiro atoms. The van der Waals surface area contributed by atoms with Gasteiger partial charge >= 0.3 is 11.9 Å². The van der Waals surface area contributed by atoms with Crippen molar-refractivity contribution in [2.75, 3.05) is 7.11 Å². The summed E-state index contributed by atoms with van der Waals surface area (Å²) in [4.78, 5) is 28.8. The number of esters is 2. The largest absolute Gasteiger partial charge is 0.493 e. The van der Waals surface area contributed by atoms with Crippen molar-refractivity contribution in [3.63, 3.8) is 0 Å². The molecule has 0 N–H and O–H groups in total. The first-order valence-electron chi connectivity index (χ1n) is 9.48. The van der Waals surface area contributed by atoms with Crippen LogP contribution in [0.3, 0.4) is 0 Å². The van der Waals surface area contributed by atoms with Gasteiger partial charge in [-0.2, -0.15) is 0 Å². The Bertz CT molecular complexity index is 1320. The highest BCUT2D eigenvalue weighted by Crippen LogP contribution is 2.38. The van der Waals surface area contributed by atoms with Crippen LogP contribution >= 0.6 is 23.2 Å². The third kappa shape index (κ3) is 4.89. The first-order valence-corrected chi connectivity index (χ1v) is 10.2. The van der Waals surface area contributed by atoms with Crippen LogP contribution in [0.4, 0.5) is 4.39 Å². The van der Waals surface area contributed by atoms with Crippen molar-refractivity contribution in [1.82, 2.24) is 0 Å². The molecule has 0 saturated carbocycles. The number of hydrogen-bond donors (Lipinski definition) is 0. The first-order chi connectivity index (χ1) is 15.9. The van der Waals surface area contributed by atoms with E-state index in [1.807, 2.05) is 0 Å². The number of halogens is 3. The molecule has 0 amide bonds. The van der Waals surface area contributed by atoms with Crippen molar-refractivity contribution in [3.8, 4) is 11.5 Å². The Morgan fingerprint density at radius 3 is 2.52 bits per heavy atom. The molecular weight excluding hydrogens is 472 g/mol. The molecular formula is C24H14Cl2FNO5. The standard InChI is InChI=1S/C24H14Cl2FNO5/c1-31-20-12-13(10-17(26)21(20)32-23(29)14-6-8-15(25)9-7-14)11-19-24(30)33-22(28-19)16-4-2-3-5-18(16)27/h2-12H,1H3/b19-11-. The molecule has 0 bridgehead atoms. The smallest absolute Gasteiger partial charge is 0.363 e. The van der Waals surface area contributed by atoms with Crippen molar-refractivity contribution in [2.45, 2.75) is 0 Å². The van der Waals surface area contributed by atoms with Gasteiger partial charge in [0.25, 0.3) is 0 Å². The Morgan fingerprint density at radius 2 is 1.82 bits per heavy atom. The lowest BCUT2D eigenvalue weighted by Gasteiger charge is -2.12. The van der Waals surface area contributed by atoms with Crippen molar-refractivity contribution in [3.05, 3.63) is 98.9 Å². The zero-order valence-electron chi connectivity index (χ0n) is 17.0. The van der Waals surface area contributed by atoms with E-state index >= 15 is 0 Å². The minimum atomic E-state index is -0.749. The van der Waals surface area contributed by atoms with E-state index < -0.39 is 17.8 Å². The molecule has 3 aromatic rings. The van der Waals surface area contributed by atoms with E-state index in [0.29, 0.717) is 10.6 Å². The van der Waals surface area contributed by atoms with Gasteiger partial charge in [0, 0.05) is 5.02 Å². The maximum Gasteiger partial charge on any atom is 0.363 e. The molecule has 6 nitrogen and oxygen atoms in total. The lowest BCUT2D eigenvalue weighted by molar-refractivity contribution is -0.129.